The zero-order valence-electron chi connectivity index (χ0n) is 17.8. The summed E-state index contributed by atoms with van der Waals surface area (Å²) in [5.41, 5.74) is 0. The van der Waals surface area contributed by atoms with Gasteiger partial charge < -0.3 is 22.2 Å². The maximum atomic E-state index is 11.8. The number of quaternary nitrogens is 1. The Morgan fingerprint density at radius 2 is 1.56 bits per heavy atom. The largest absolute Gasteiger partial charge is 0.752 e. The fourth-order valence-corrected chi connectivity index (χ4v) is 6.51. The topological polar surface area (TPSA) is 54.0 Å². The molecule has 0 saturated carbocycles. The van der Waals surface area contributed by atoms with Gasteiger partial charge in [0.15, 0.2) is 0 Å². The quantitative estimate of drug-likeness (QED) is 0.411. The molecular formula is C20H40NO5Si+. The van der Waals surface area contributed by atoms with Crippen molar-refractivity contribution in [3.8, 4) is 0 Å². The van der Waals surface area contributed by atoms with Gasteiger partial charge in [0.1, 0.15) is 31.8 Å². The number of nitrogens with zero attached hydrogens (tertiary/aromatic N) is 1. The van der Waals surface area contributed by atoms with Crippen LogP contribution in [0.2, 0.25) is 0 Å². The van der Waals surface area contributed by atoms with Gasteiger partial charge in [-0.1, -0.05) is 52.9 Å². The molecule has 7 heteroatoms. The molecule has 0 spiro atoms. The number of rotatable bonds is 10. The molecule has 158 valence electrons. The van der Waals surface area contributed by atoms with Crippen molar-refractivity contribution in [2.24, 2.45) is 0 Å². The molecule has 2 unspecified atom stereocenters. The molecule has 0 aromatic rings. The van der Waals surface area contributed by atoms with E-state index in [4.69, 9.17) is 17.7 Å². The summed E-state index contributed by atoms with van der Waals surface area (Å²) >= 11 is 0. The molecule has 0 radical (unpaired) electrons. The highest BCUT2D eigenvalue weighted by Crippen LogP contribution is 2.31. The molecule has 2 bridgehead atoms. The number of unbranched alkanes of at least 4 members (excludes halogenated alkanes) is 3. The number of hydrogen-bond donors (Lipinski definition) is 0. The van der Waals surface area contributed by atoms with E-state index in [1.165, 1.54) is 19.8 Å². The molecule has 0 aromatic carbocycles. The molecule has 2 atom stereocenters. The monoisotopic (exact) mass is 402 g/mol. The van der Waals surface area contributed by atoms with E-state index in [1.807, 2.05) is 0 Å². The average Bonchev–Trinajstić information content (AvgIpc) is 2.58. The van der Waals surface area contributed by atoms with Crippen LogP contribution in [0, 0.1) is 0 Å². The van der Waals surface area contributed by atoms with Gasteiger partial charge in [-0.2, -0.15) is 0 Å². The highest BCUT2D eigenvalue weighted by atomic mass is 28.4. The van der Waals surface area contributed by atoms with E-state index in [9.17, 15) is 4.79 Å². The first-order valence-corrected chi connectivity index (χ1v) is 12.6. The van der Waals surface area contributed by atoms with E-state index < -0.39 is 9.05 Å². The van der Waals surface area contributed by atoms with E-state index in [0.717, 1.165) is 69.2 Å². The third kappa shape index (κ3) is 6.82. The zero-order valence-corrected chi connectivity index (χ0v) is 18.8. The molecule has 0 aromatic heterocycles. The lowest BCUT2D eigenvalue weighted by molar-refractivity contribution is -0.936. The van der Waals surface area contributed by atoms with Crippen molar-refractivity contribution in [3.63, 3.8) is 0 Å². The first-order valence-electron chi connectivity index (χ1n) is 11.0. The smallest absolute Gasteiger partial charge is 0.452 e. The summed E-state index contributed by atoms with van der Waals surface area (Å²) in [7, 11) is -3.44. The van der Waals surface area contributed by atoms with Crippen LogP contribution in [0.3, 0.4) is 0 Å². The van der Waals surface area contributed by atoms with E-state index in [0.29, 0.717) is 6.61 Å². The highest BCUT2D eigenvalue weighted by Gasteiger charge is 2.58. The molecule has 3 fully saturated rings. The molecule has 0 N–H and O–H groups in total. The minimum absolute atomic E-state index is 0.0280. The molecule has 27 heavy (non-hydrogen) atoms. The number of carbonyl (C=O) groups is 1. The van der Waals surface area contributed by atoms with E-state index >= 15 is 0 Å². The van der Waals surface area contributed by atoms with Crippen LogP contribution in [0.5, 0.6) is 0 Å². The van der Waals surface area contributed by atoms with Crippen LogP contribution in [0.25, 0.3) is 0 Å². The van der Waals surface area contributed by atoms with Crippen LogP contribution in [0.15, 0.2) is 0 Å². The van der Waals surface area contributed by atoms with Crippen molar-refractivity contribution < 1.29 is 27.0 Å². The molecule has 3 rings (SSSR count). The van der Waals surface area contributed by atoms with Gasteiger partial charge in [-0.15, -0.1) is 0 Å². The molecule has 3 aliphatic heterocycles. The van der Waals surface area contributed by atoms with Crippen LogP contribution >= 0.6 is 0 Å². The second kappa shape index (κ2) is 10.9. The Bertz CT molecular complexity index is 442. The van der Waals surface area contributed by atoms with Crippen LogP contribution in [0.4, 0.5) is 0 Å². The van der Waals surface area contributed by atoms with Crippen LogP contribution in [-0.4, -0.2) is 64.5 Å². The SMILES string of the molecule is CCCCC1C[N+]2(CCCC)CCO[Si](OC(C)=O)(O1)OC(CCCC)C2. The van der Waals surface area contributed by atoms with Crippen molar-refractivity contribution in [2.45, 2.75) is 91.3 Å². The minimum atomic E-state index is -3.44. The minimum Gasteiger partial charge on any atom is -0.452 e. The first kappa shape index (κ1) is 22.8. The molecule has 3 aliphatic rings. The Balaban J connectivity index is 2.30. The molecular weight excluding hydrogens is 362 g/mol. The number of hydrogen-bond acceptors (Lipinski definition) is 5. The molecule has 6 nitrogen and oxygen atoms in total. The second-order valence-electron chi connectivity index (χ2n) is 8.21. The summed E-state index contributed by atoms with van der Waals surface area (Å²) < 4.78 is 25.6. The predicted molar refractivity (Wildman–Crippen MR) is 107 cm³/mol. The Morgan fingerprint density at radius 3 is 2.04 bits per heavy atom. The van der Waals surface area contributed by atoms with Crippen molar-refractivity contribution in [3.05, 3.63) is 0 Å². The summed E-state index contributed by atoms with van der Waals surface area (Å²) in [5.74, 6) is -0.377. The Morgan fingerprint density at radius 1 is 1.00 bits per heavy atom. The van der Waals surface area contributed by atoms with Crippen molar-refractivity contribution in [2.75, 3.05) is 32.8 Å². The fraction of sp³-hybridized carbons (Fsp3) is 0.950. The lowest BCUT2D eigenvalue weighted by atomic mass is 10.1. The summed E-state index contributed by atoms with van der Waals surface area (Å²) in [6.07, 6.45) is 8.82. The van der Waals surface area contributed by atoms with E-state index in [1.54, 1.807) is 0 Å². The summed E-state index contributed by atoms with van der Waals surface area (Å²) in [4.78, 5) is 11.8. The lowest BCUT2D eigenvalue weighted by Gasteiger charge is -2.49. The summed E-state index contributed by atoms with van der Waals surface area (Å²) in [5, 5.41) is 0. The Labute approximate surface area is 166 Å². The van der Waals surface area contributed by atoms with Gasteiger partial charge in [0.25, 0.3) is 5.97 Å². The molecule has 3 saturated heterocycles. The van der Waals surface area contributed by atoms with Crippen LogP contribution < -0.4 is 0 Å². The van der Waals surface area contributed by atoms with Crippen LogP contribution in [-0.2, 0) is 22.5 Å². The van der Waals surface area contributed by atoms with Gasteiger partial charge >= 0.3 is 9.05 Å². The van der Waals surface area contributed by atoms with Crippen molar-refractivity contribution >= 4 is 15.0 Å². The number of carbonyl (C=O) groups excluding carboxylic acids is 1. The van der Waals surface area contributed by atoms with Gasteiger partial charge in [-0.3, -0.25) is 4.79 Å². The van der Waals surface area contributed by atoms with Gasteiger partial charge in [-0.25, -0.2) is 0 Å². The predicted octanol–water partition coefficient (Wildman–Crippen LogP) is 3.80. The zero-order chi connectivity index (χ0) is 19.8. The van der Waals surface area contributed by atoms with Crippen LogP contribution in [0.1, 0.15) is 79.1 Å². The van der Waals surface area contributed by atoms with E-state index in [-0.39, 0.29) is 18.2 Å². The Hall–Kier alpha value is -0.473. The van der Waals surface area contributed by atoms with Crippen molar-refractivity contribution in [1.82, 2.24) is 0 Å². The van der Waals surface area contributed by atoms with Gasteiger partial charge in [0.05, 0.1) is 13.2 Å². The van der Waals surface area contributed by atoms with Gasteiger partial charge in [-0.05, 0) is 19.3 Å². The summed E-state index contributed by atoms with van der Waals surface area (Å²) in [6.45, 7) is 12.6. The highest BCUT2D eigenvalue weighted by molar-refractivity contribution is 6.55. The number of fused-ring (bicyclic) bond motifs is 6. The first-order chi connectivity index (χ1) is 13.0. The summed E-state index contributed by atoms with van der Waals surface area (Å²) in [6, 6.07) is 0. The second-order valence-corrected chi connectivity index (χ2v) is 10.2. The standard InChI is InChI=1S/C20H40NO5Si/c1-5-8-11-19-16-21(13-10-7-3)14-15-23-27(25-19,24-18(4)22)26-20(17-21)12-9-6-2/h19-20H,5-17H2,1-4H3/q+1. The lowest BCUT2D eigenvalue weighted by Crippen LogP contribution is -2.68. The van der Waals surface area contributed by atoms with Gasteiger partial charge in [0, 0.05) is 6.92 Å². The third-order valence-electron chi connectivity index (χ3n) is 5.66. The maximum Gasteiger partial charge on any atom is 0.752 e. The Kier molecular flexibility index (Phi) is 9.21. The normalized spacial score (nSPS) is 33.9. The molecule has 0 amide bonds. The van der Waals surface area contributed by atoms with E-state index in [2.05, 4.69) is 20.8 Å². The maximum absolute atomic E-state index is 11.8. The van der Waals surface area contributed by atoms with Crippen molar-refractivity contribution in [1.29, 1.82) is 0 Å². The van der Waals surface area contributed by atoms with Gasteiger partial charge in [0.2, 0.25) is 0 Å². The molecule has 3 heterocycles. The fourth-order valence-electron chi connectivity index (χ4n) is 4.27. The average molecular weight is 403 g/mol. The third-order valence-corrected chi connectivity index (χ3v) is 8.00. The molecule has 0 aliphatic carbocycles.